The van der Waals surface area contributed by atoms with E-state index in [4.69, 9.17) is 21.1 Å². The Bertz CT molecular complexity index is 887. The number of halogens is 1. The van der Waals surface area contributed by atoms with Crippen molar-refractivity contribution in [1.82, 2.24) is 5.32 Å². The van der Waals surface area contributed by atoms with Crippen LogP contribution in [0.25, 0.3) is 0 Å². The topological polar surface area (TPSA) is 120 Å². The summed E-state index contributed by atoms with van der Waals surface area (Å²) in [7, 11) is 2.73. The molecule has 0 radical (unpaired) electrons. The zero-order chi connectivity index (χ0) is 20.0. The molecule has 0 atom stereocenters. The van der Waals surface area contributed by atoms with Crippen LogP contribution < -0.4 is 20.1 Å². The largest absolute Gasteiger partial charge is 0.495 e. The summed E-state index contributed by atoms with van der Waals surface area (Å²) in [5.74, 6) is -0.729. The van der Waals surface area contributed by atoms with E-state index in [1.165, 1.54) is 32.4 Å². The fourth-order valence-electron chi connectivity index (χ4n) is 2.21. The van der Waals surface area contributed by atoms with Crippen LogP contribution in [0.5, 0.6) is 11.5 Å². The minimum absolute atomic E-state index is 0.0237. The Kier molecular flexibility index (Phi) is 6.56. The average molecular weight is 394 g/mol. The molecule has 27 heavy (non-hydrogen) atoms. The molecule has 0 saturated heterocycles. The SMILES string of the molecule is COc1ccc(Cl)cc1NC(=O)CNC(=O)c1ccc(OC)c([N+](=O)[O-])c1. The smallest absolute Gasteiger partial charge is 0.311 e. The molecule has 0 fully saturated rings. The molecule has 0 bridgehead atoms. The Morgan fingerprint density at radius 1 is 1.11 bits per heavy atom. The Balaban J connectivity index is 2.03. The van der Waals surface area contributed by atoms with Crippen LogP contribution in [0.1, 0.15) is 10.4 Å². The van der Waals surface area contributed by atoms with Crippen molar-refractivity contribution >= 4 is 34.8 Å². The molecule has 2 rings (SSSR count). The van der Waals surface area contributed by atoms with Gasteiger partial charge in [0.2, 0.25) is 5.91 Å². The molecule has 2 amide bonds. The highest BCUT2D eigenvalue weighted by atomic mass is 35.5. The van der Waals surface area contributed by atoms with E-state index in [1.54, 1.807) is 12.1 Å². The van der Waals surface area contributed by atoms with Crippen LogP contribution in [0.4, 0.5) is 11.4 Å². The zero-order valence-corrected chi connectivity index (χ0v) is 15.2. The molecule has 0 aliphatic heterocycles. The fraction of sp³-hybridized carbons (Fsp3) is 0.176. The van der Waals surface area contributed by atoms with Gasteiger partial charge in [-0.3, -0.25) is 19.7 Å². The predicted molar refractivity (Wildman–Crippen MR) is 98.6 cm³/mol. The van der Waals surface area contributed by atoms with Crippen LogP contribution in [0.3, 0.4) is 0 Å². The molecule has 0 spiro atoms. The number of benzene rings is 2. The third kappa shape index (κ3) is 5.08. The Morgan fingerprint density at radius 2 is 1.78 bits per heavy atom. The van der Waals surface area contributed by atoms with Crippen LogP contribution in [0.2, 0.25) is 5.02 Å². The highest BCUT2D eigenvalue weighted by Gasteiger charge is 2.18. The van der Waals surface area contributed by atoms with Gasteiger partial charge in [-0.15, -0.1) is 0 Å². The van der Waals surface area contributed by atoms with Crippen LogP contribution in [-0.2, 0) is 4.79 Å². The minimum Gasteiger partial charge on any atom is -0.495 e. The molecule has 0 aliphatic rings. The number of ether oxygens (including phenoxy) is 2. The summed E-state index contributed by atoms with van der Waals surface area (Å²) in [6, 6.07) is 8.45. The third-order valence-electron chi connectivity index (χ3n) is 3.48. The van der Waals surface area contributed by atoms with Gasteiger partial charge in [-0.05, 0) is 30.3 Å². The molecule has 10 heteroatoms. The monoisotopic (exact) mass is 393 g/mol. The molecule has 142 valence electrons. The Hall–Kier alpha value is -3.33. The van der Waals surface area contributed by atoms with Gasteiger partial charge in [-0.1, -0.05) is 11.6 Å². The minimum atomic E-state index is -0.659. The van der Waals surface area contributed by atoms with Gasteiger partial charge in [0.1, 0.15) is 5.75 Å². The standard InChI is InChI=1S/C17H16ClN3O6/c1-26-14-6-4-11(18)8-12(14)20-16(22)9-19-17(23)10-3-5-15(27-2)13(7-10)21(24)25/h3-8H,9H2,1-2H3,(H,19,23)(H,20,22). The first-order chi connectivity index (χ1) is 12.8. The molecule has 9 nitrogen and oxygen atoms in total. The molecule has 0 aliphatic carbocycles. The van der Waals surface area contributed by atoms with E-state index in [0.717, 1.165) is 6.07 Å². The maximum Gasteiger partial charge on any atom is 0.311 e. The van der Waals surface area contributed by atoms with E-state index in [-0.39, 0.29) is 23.5 Å². The van der Waals surface area contributed by atoms with E-state index in [1.807, 2.05) is 0 Å². The summed E-state index contributed by atoms with van der Waals surface area (Å²) in [6.07, 6.45) is 0. The second-order valence-electron chi connectivity index (χ2n) is 5.22. The molecule has 0 saturated carbocycles. The second-order valence-corrected chi connectivity index (χ2v) is 5.66. The first-order valence-electron chi connectivity index (χ1n) is 7.59. The van der Waals surface area contributed by atoms with Crippen molar-refractivity contribution in [2.24, 2.45) is 0 Å². The number of hydrogen-bond acceptors (Lipinski definition) is 6. The lowest BCUT2D eigenvalue weighted by molar-refractivity contribution is -0.385. The van der Waals surface area contributed by atoms with Crippen molar-refractivity contribution in [3.8, 4) is 11.5 Å². The first-order valence-corrected chi connectivity index (χ1v) is 7.97. The molecule has 2 aromatic rings. The Labute approximate surface area is 159 Å². The van der Waals surface area contributed by atoms with E-state index < -0.39 is 16.7 Å². The number of methoxy groups -OCH3 is 2. The number of rotatable bonds is 7. The molecule has 0 aromatic heterocycles. The maximum atomic E-state index is 12.2. The molecular weight excluding hydrogens is 378 g/mol. The van der Waals surface area contributed by atoms with Crippen LogP contribution >= 0.6 is 11.6 Å². The van der Waals surface area contributed by atoms with Gasteiger partial charge in [0.25, 0.3) is 5.91 Å². The molecule has 2 N–H and O–H groups in total. The highest BCUT2D eigenvalue weighted by Crippen LogP contribution is 2.28. The quantitative estimate of drug-likeness (QED) is 0.551. The van der Waals surface area contributed by atoms with Gasteiger partial charge in [-0.2, -0.15) is 0 Å². The van der Waals surface area contributed by atoms with Gasteiger partial charge in [-0.25, -0.2) is 0 Å². The molecule has 0 unspecified atom stereocenters. The summed E-state index contributed by atoms with van der Waals surface area (Å²) in [5, 5.41) is 16.4. The second kappa shape index (κ2) is 8.86. The van der Waals surface area contributed by atoms with Crippen molar-refractivity contribution in [1.29, 1.82) is 0 Å². The number of carbonyl (C=O) groups is 2. The lowest BCUT2D eigenvalue weighted by Crippen LogP contribution is -2.33. The first kappa shape index (κ1) is 20.0. The van der Waals surface area contributed by atoms with Crippen LogP contribution in [0, 0.1) is 10.1 Å². The van der Waals surface area contributed by atoms with Crippen molar-refractivity contribution in [2.75, 3.05) is 26.1 Å². The number of nitro benzene ring substituents is 1. The number of amides is 2. The number of nitro groups is 1. The zero-order valence-electron chi connectivity index (χ0n) is 14.4. The van der Waals surface area contributed by atoms with Gasteiger partial charge in [0.05, 0.1) is 31.4 Å². The average Bonchev–Trinajstić information content (AvgIpc) is 2.65. The predicted octanol–water partition coefficient (Wildman–Crippen LogP) is 2.63. The Morgan fingerprint density at radius 3 is 2.41 bits per heavy atom. The molecular formula is C17H16ClN3O6. The number of anilines is 1. The summed E-state index contributed by atoms with van der Waals surface area (Å²) >= 11 is 5.89. The lowest BCUT2D eigenvalue weighted by Gasteiger charge is -2.11. The summed E-state index contributed by atoms with van der Waals surface area (Å²) < 4.78 is 9.99. The molecule has 2 aromatic carbocycles. The number of nitrogens with zero attached hydrogens (tertiary/aromatic N) is 1. The van der Waals surface area contributed by atoms with Gasteiger partial charge in [0.15, 0.2) is 5.75 Å². The van der Waals surface area contributed by atoms with Crippen LogP contribution in [0.15, 0.2) is 36.4 Å². The van der Waals surface area contributed by atoms with Gasteiger partial charge in [0, 0.05) is 16.7 Å². The number of carbonyl (C=O) groups excluding carboxylic acids is 2. The van der Waals surface area contributed by atoms with Crippen molar-refractivity contribution < 1.29 is 24.0 Å². The maximum absolute atomic E-state index is 12.2. The van der Waals surface area contributed by atoms with Crippen LogP contribution in [-0.4, -0.2) is 37.5 Å². The van der Waals surface area contributed by atoms with Gasteiger partial charge < -0.3 is 20.1 Å². The summed E-state index contributed by atoms with van der Waals surface area (Å²) in [4.78, 5) is 34.6. The highest BCUT2D eigenvalue weighted by molar-refractivity contribution is 6.31. The van der Waals surface area contributed by atoms with E-state index in [9.17, 15) is 19.7 Å². The van der Waals surface area contributed by atoms with E-state index >= 15 is 0 Å². The summed E-state index contributed by atoms with van der Waals surface area (Å²) in [6.45, 7) is -0.353. The van der Waals surface area contributed by atoms with E-state index in [0.29, 0.717) is 16.5 Å². The van der Waals surface area contributed by atoms with Crippen molar-refractivity contribution in [3.05, 3.63) is 57.1 Å². The lowest BCUT2D eigenvalue weighted by atomic mass is 10.1. The fourth-order valence-corrected chi connectivity index (χ4v) is 2.38. The van der Waals surface area contributed by atoms with Gasteiger partial charge >= 0.3 is 5.69 Å². The molecule has 0 heterocycles. The van der Waals surface area contributed by atoms with Crippen molar-refractivity contribution in [3.63, 3.8) is 0 Å². The van der Waals surface area contributed by atoms with E-state index in [2.05, 4.69) is 10.6 Å². The number of hydrogen-bond donors (Lipinski definition) is 2. The third-order valence-corrected chi connectivity index (χ3v) is 3.72. The summed E-state index contributed by atoms with van der Waals surface area (Å²) in [5.41, 5.74) is 0.0261. The normalized spacial score (nSPS) is 10.0. The number of nitrogens with one attached hydrogen (secondary N) is 2. The van der Waals surface area contributed by atoms with Crippen molar-refractivity contribution in [2.45, 2.75) is 0 Å².